The molecule has 1 unspecified atom stereocenters. The topological polar surface area (TPSA) is 29.5 Å². The van der Waals surface area contributed by atoms with E-state index in [2.05, 4.69) is 4.74 Å². The third-order valence-corrected chi connectivity index (χ3v) is 2.07. The van der Waals surface area contributed by atoms with Crippen molar-refractivity contribution in [1.82, 2.24) is 0 Å². The molecule has 16 heavy (non-hydrogen) atoms. The number of aliphatic hydroxyl groups is 1. The van der Waals surface area contributed by atoms with Crippen molar-refractivity contribution in [2.45, 2.75) is 32.2 Å². The number of alkyl halides is 3. The molecule has 0 amide bonds. The first kappa shape index (κ1) is 12.8. The summed E-state index contributed by atoms with van der Waals surface area (Å²) in [5.74, 6) is -0.337. The summed E-state index contributed by atoms with van der Waals surface area (Å²) >= 11 is 0. The van der Waals surface area contributed by atoms with E-state index in [4.69, 9.17) is 0 Å². The minimum absolute atomic E-state index is 0.168. The number of rotatable bonds is 4. The van der Waals surface area contributed by atoms with Gasteiger partial charge in [-0.15, -0.1) is 13.2 Å². The van der Waals surface area contributed by atoms with Crippen LogP contribution in [0, 0.1) is 0 Å². The van der Waals surface area contributed by atoms with Crippen molar-refractivity contribution in [3.63, 3.8) is 0 Å². The Kier molecular flexibility index (Phi) is 4.18. The van der Waals surface area contributed by atoms with Crippen LogP contribution in [0.2, 0.25) is 0 Å². The van der Waals surface area contributed by atoms with Gasteiger partial charge in [0.2, 0.25) is 0 Å². The lowest BCUT2D eigenvalue weighted by Gasteiger charge is -2.16. The van der Waals surface area contributed by atoms with E-state index in [1.54, 1.807) is 6.07 Å². The Morgan fingerprint density at radius 3 is 2.50 bits per heavy atom. The Balaban J connectivity index is 2.91. The molecule has 1 aromatic rings. The Labute approximate surface area is 91.7 Å². The van der Waals surface area contributed by atoms with Gasteiger partial charge in [-0.2, -0.15) is 0 Å². The summed E-state index contributed by atoms with van der Waals surface area (Å²) in [4.78, 5) is 0. The molecule has 90 valence electrons. The average Bonchev–Trinajstić information content (AvgIpc) is 2.16. The van der Waals surface area contributed by atoms with E-state index < -0.39 is 12.5 Å². The van der Waals surface area contributed by atoms with Crippen LogP contribution in [0.1, 0.15) is 31.4 Å². The summed E-state index contributed by atoms with van der Waals surface area (Å²) in [6.07, 6.45) is -4.58. The minimum Gasteiger partial charge on any atom is -0.405 e. The zero-order chi connectivity index (χ0) is 12.2. The van der Waals surface area contributed by atoms with Crippen LogP contribution in [-0.2, 0) is 0 Å². The second-order valence-corrected chi connectivity index (χ2v) is 3.39. The van der Waals surface area contributed by atoms with Crippen LogP contribution < -0.4 is 4.74 Å². The van der Waals surface area contributed by atoms with Crippen LogP contribution in [-0.4, -0.2) is 11.5 Å². The van der Waals surface area contributed by atoms with Crippen molar-refractivity contribution in [2.24, 2.45) is 0 Å². The van der Waals surface area contributed by atoms with Gasteiger partial charge < -0.3 is 9.84 Å². The van der Waals surface area contributed by atoms with Gasteiger partial charge in [-0.05, 0) is 12.5 Å². The molecule has 0 saturated carbocycles. The maximum Gasteiger partial charge on any atom is 0.573 e. The second-order valence-electron chi connectivity index (χ2n) is 3.39. The number of hydrogen-bond donors (Lipinski definition) is 1. The third-order valence-electron chi connectivity index (χ3n) is 2.07. The monoisotopic (exact) mass is 234 g/mol. The van der Waals surface area contributed by atoms with Crippen LogP contribution in [0.25, 0.3) is 0 Å². The van der Waals surface area contributed by atoms with Gasteiger partial charge in [-0.1, -0.05) is 31.5 Å². The van der Waals surface area contributed by atoms with Crippen molar-refractivity contribution < 1.29 is 23.0 Å². The van der Waals surface area contributed by atoms with Crippen molar-refractivity contribution in [1.29, 1.82) is 0 Å². The maximum absolute atomic E-state index is 12.1. The zero-order valence-electron chi connectivity index (χ0n) is 8.79. The van der Waals surface area contributed by atoms with E-state index in [1.807, 2.05) is 6.92 Å². The fourth-order valence-corrected chi connectivity index (χ4v) is 1.40. The highest BCUT2D eigenvalue weighted by atomic mass is 19.4. The molecule has 0 spiro atoms. The predicted molar refractivity (Wildman–Crippen MR) is 53.0 cm³/mol. The SMILES string of the molecule is CCCC(O)c1ccccc1OC(F)(F)F. The summed E-state index contributed by atoms with van der Waals surface area (Å²) in [6, 6.07) is 5.63. The van der Waals surface area contributed by atoms with Gasteiger partial charge in [0.25, 0.3) is 0 Å². The maximum atomic E-state index is 12.1. The molecular formula is C11H13F3O2. The van der Waals surface area contributed by atoms with Gasteiger partial charge in [0.1, 0.15) is 5.75 Å². The summed E-state index contributed by atoms with van der Waals surface area (Å²) in [6.45, 7) is 1.84. The van der Waals surface area contributed by atoms with E-state index in [0.717, 1.165) is 0 Å². The summed E-state index contributed by atoms with van der Waals surface area (Å²) in [5, 5.41) is 9.65. The third kappa shape index (κ3) is 3.73. The molecule has 1 atom stereocenters. The van der Waals surface area contributed by atoms with E-state index in [0.29, 0.717) is 12.8 Å². The lowest BCUT2D eigenvalue weighted by molar-refractivity contribution is -0.275. The van der Waals surface area contributed by atoms with Crippen molar-refractivity contribution >= 4 is 0 Å². The highest BCUT2D eigenvalue weighted by Gasteiger charge is 2.32. The van der Waals surface area contributed by atoms with Crippen LogP contribution in [0.15, 0.2) is 24.3 Å². The quantitative estimate of drug-likeness (QED) is 0.864. The number of halogens is 3. The summed E-state index contributed by atoms with van der Waals surface area (Å²) < 4.78 is 40.0. The Hall–Kier alpha value is -1.23. The first-order valence-corrected chi connectivity index (χ1v) is 4.96. The molecule has 0 fully saturated rings. The van der Waals surface area contributed by atoms with E-state index in [-0.39, 0.29) is 11.3 Å². The largest absolute Gasteiger partial charge is 0.573 e. The lowest BCUT2D eigenvalue weighted by atomic mass is 10.0. The average molecular weight is 234 g/mol. The Morgan fingerprint density at radius 1 is 1.31 bits per heavy atom. The summed E-state index contributed by atoms with van der Waals surface area (Å²) in [7, 11) is 0. The van der Waals surface area contributed by atoms with Gasteiger partial charge in [0.05, 0.1) is 6.10 Å². The number of para-hydroxylation sites is 1. The molecule has 2 nitrogen and oxygen atoms in total. The van der Waals surface area contributed by atoms with Gasteiger partial charge >= 0.3 is 6.36 Å². The highest BCUT2D eigenvalue weighted by Crippen LogP contribution is 2.31. The van der Waals surface area contributed by atoms with Crippen molar-refractivity contribution in [3.05, 3.63) is 29.8 Å². The van der Waals surface area contributed by atoms with E-state index in [1.165, 1.54) is 18.2 Å². The zero-order valence-corrected chi connectivity index (χ0v) is 8.79. The van der Waals surface area contributed by atoms with Crippen molar-refractivity contribution in [3.8, 4) is 5.75 Å². The van der Waals surface area contributed by atoms with Crippen LogP contribution in [0.3, 0.4) is 0 Å². The molecule has 0 heterocycles. The van der Waals surface area contributed by atoms with Crippen molar-refractivity contribution in [2.75, 3.05) is 0 Å². The van der Waals surface area contributed by atoms with E-state index >= 15 is 0 Å². The molecule has 0 aromatic heterocycles. The molecule has 0 aliphatic heterocycles. The molecule has 1 N–H and O–H groups in total. The fraction of sp³-hybridized carbons (Fsp3) is 0.455. The second kappa shape index (κ2) is 5.21. The highest BCUT2D eigenvalue weighted by molar-refractivity contribution is 5.35. The molecule has 1 aromatic carbocycles. The predicted octanol–water partition coefficient (Wildman–Crippen LogP) is 3.42. The smallest absolute Gasteiger partial charge is 0.405 e. The molecule has 0 aliphatic rings. The molecule has 0 aliphatic carbocycles. The van der Waals surface area contributed by atoms with Gasteiger partial charge in [0.15, 0.2) is 0 Å². The first-order chi connectivity index (χ1) is 7.44. The molecule has 0 saturated heterocycles. The molecule has 1 rings (SSSR count). The van der Waals surface area contributed by atoms with E-state index in [9.17, 15) is 18.3 Å². The minimum atomic E-state index is -4.73. The number of aliphatic hydroxyl groups excluding tert-OH is 1. The standard InChI is InChI=1S/C11H13F3O2/c1-2-5-9(15)8-6-3-4-7-10(8)16-11(12,13)14/h3-4,6-7,9,15H,2,5H2,1H3. The fourth-order valence-electron chi connectivity index (χ4n) is 1.40. The lowest BCUT2D eigenvalue weighted by Crippen LogP contribution is -2.18. The number of hydrogen-bond acceptors (Lipinski definition) is 2. The molecule has 0 radical (unpaired) electrons. The van der Waals surface area contributed by atoms with Gasteiger partial charge in [-0.25, -0.2) is 0 Å². The summed E-state index contributed by atoms with van der Waals surface area (Å²) in [5.41, 5.74) is 0.168. The molecule has 5 heteroatoms. The Morgan fingerprint density at radius 2 is 1.94 bits per heavy atom. The van der Waals surface area contributed by atoms with Crippen LogP contribution in [0.5, 0.6) is 5.75 Å². The Bertz CT molecular complexity index is 336. The first-order valence-electron chi connectivity index (χ1n) is 4.96. The van der Waals surface area contributed by atoms with Crippen LogP contribution in [0.4, 0.5) is 13.2 Å². The number of benzene rings is 1. The van der Waals surface area contributed by atoms with Gasteiger partial charge in [0, 0.05) is 5.56 Å². The normalized spacial score (nSPS) is 13.6. The number of ether oxygens (including phenoxy) is 1. The molecule has 0 bridgehead atoms. The molecular weight excluding hydrogens is 221 g/mol. The van der Waals surface area contributed by atoms with Crippen LogP contribution >= 0.6 is 0 Å². The van der Waals surface area contributed by atoms with Gasteiger partial charge in [-0.3, -0.25) is 0 Å².